The lowest BCUT2D eigenvalue weighted by molar-refractivity contribution is 0.0984. The maximum atomic E-state index is 13.0. The third kappa shape index (κ3) is 2.72. The molecule has 1 aliphatic rings. The Hall–Kier alpha value is -1.56. The minimum atomic E-state index is 0.0448. The first kappa shape index (κ1) is 15.3. The van der Waals surface area contributed by atoms with Gasteiger partial charge in [0, 0.05) is 15.7 Å². The van der Waals surface area contributed by atoms with Crippen LogP contribution >= 0.6 is 22.6 Å². The highest BCUT2D eigenvalue weighted by Gasteiger charge is 2.27. The summed E-state index contributed by atoms with van der Waals surface area (Å²) >= 11 is 2.23. The van der Waals surface area contributed by atoms with Crippen LogP contribution in [0.2, 0.25) is 0 Å². The molecule has 0 spiro atoms. The van der Waals surface area contributed by atoms with Gasteiger partial charge in [-0.1, -0.05) is 12.1 Å². The number of hydrogen-bond acceptors (Lipinski definition) is 2. The maximum absolute atomic E-state index is 13.0. The Bertz CT molecular complexity index is 727. The van der Waals surface area contributed by atoms with Crippen molar-refractivity contribution in [3.8, 4) is 5.75 Å². The van der Waals surface area contributed by atoms with Crippen molar-refractivity contribution in [1.29, 1.82) is 0 Å². The number of carbonyl (C=O) groups is 1. The number of amides is 1. The number of hydrogen-bond donors (Lipinski definition) is 0. The normalized spacial score (nSPS) is 13.7. The van der Waals surface area contributed by atoms with E-state index in [4.69, 9.17) is 4.74 Å². The van der Waals surface area contributed by atoms with Gasteiger partial charge in [0.15, 0.2) is 0 Å². The van der Waals surface area contributed by atoms with E-state index in [9.17, 15) is 4.79 Å². The van der Waals surface area contributed by atoms with E-state index in [1.165, 1.54) is 11.1 Å². The second-order valence-corrected chi connectivity index (χ2v) is 6.73. The number of ether oxygens (including phenoxy) is 1. The minimum Gasteiger partial charge on any atom is -0.495 e. The Morgan fingerprint density at radius 1 is 1.27 bits per heavy atom. The van der Waals surface area contributed by atoms with Crippen LogP contribution in [0.4, 0.5) is 5.69 Å². The molecular formula is C18H18INO2. The van der Waals surface area contributed by atoms with Crippen LogP contribution < -0.4 is 9.64 Å². The molecule has 114 valence electrons. The van der Waals surface area contributed by atoms with Gasteiger partial charge in [-0.2, -0.15) is 0 Å². The number of anilines is 1. The Balaban J connectivity index is 2.08. The summed E-state index contributed by atoms with van der Waals surface area (Å²) < 4.78 is 6.58. The largest absolute Gasteiger partial charge is 0.495 e. The fourth-order valence-electron chi connectivity index (χ4n) is 3.00. The fraction of sp³-hybridized carbons (Fsp3) is 0.278. The Kier molecular flexibility index (Phi) is 4.38. The molecule has 3 nitrogen and oxygen atoms in total. The summed E-state index contributed by atoms with van der Waals surface area (Å²) in [6.07, 6.45) is 1.98. The third-order valence-electron chi connectivity index (χ3n) is 4.10. The number of halogens is 1. The van der Waals surface area contributed by atoms with E-state index in [0.717, 1.165) is 40.0 Å². The van der Waals surface area contributed by atoms with E-state index in [1.807, 2.05) is 35.2 Å². The zero-order valence-electron chi connectivity index (χ0n) is 12.7. The smallest absolute Gasteiger partial charge is 0.258 e. The van der Waals surface area contributed by atoms with Gasteiger partial charge in [-0.25, -0.2) is 0 Å². The Morgan fingerprint density at radius 3 is 2.82 bits per heavy atom. The quantitative estimate of drug-likeness (QED) is 0.699. The monoisotopic (exact) mass is 407 g/mol. The molecule has 4 heteroatoms. The van der Waals surface area contributed by atoms with Gasteiger partial charge in [0.25, 0.3) is 5.91 Å². The zero-order chi connectivity index (χ0) is 15.7. The summed E-state index contributed by atoms with van der Waals surface area (Å²) in [6, 6.07) is 11.7. The average molecular weight is 407 g/mol. The lowest BCUT2D eigenvalue weighted by Gasteiger charge is -2.32. The van der Waals surface area contributed by atoms with Crippen molar-refractivity contribution < 1.29 is 9.53 Å². The standard InChI is InChI=1S/C18H18INO2/c1-12-8-9-16(22-2)17-15(12)7-4-10-20(17)18(21)13-5-3-6-14(19)11-13/h3,5-6,8-9,11H,4,7,10H2,1-2H3. The summed E-state index contributed by atoms with van der Waals surface area (Å²) in [4.78, 5) is 14.8. The van der Waals surface area contributed by atoms with E-state index in [-0.39, 0.29) is 5.91 Å². The van der Waals surface area contributed by atoms with Gasteiger partial charge in [0.05, 0.1) is 12.8 Å². The van der Waals surface area contributed by atoms with Crippen LogP contribution in [-0.4, -0.2) is 19.6 Å². The summed E-state index contributed by atoms with van der Waals surface area (Å²) in [6.45, 7) is 2.83. The molecule has 0 fully saturated rings. The molecule has 0 radical (unpaired) electrons. The van der Waals surface area contributed by atoms with E-state index in [2.05, 4.69) is 35.6 Å². The van der Waals surface area contributed by atoms with Crippen LogP contribution in [0, 0.1) is 10.5 Å². The molecule has 0 N–H and O–H groups in total. The number of fused-ring (bicyclic) bond motifs is 1. The summed E-state index contributed by atoms with van der Waals surface area (Å²) in [7, 11) is 1.66. The first-order valence-electron chi connectivity index (χ1n) is 7.35. The molecule has 0 aliphatic carbocycles. The molecule has 1 aliphatic heterocycles. The van der Waals surface area contributed by atoms with Crippen LogP contribution in [0.5, 0.6) is 5.75 Å². The van der Waals surface area contributed by atoms with Crippen molar-refractivity contribution in [3.63, 3.8) is 0 Å². The second kappa shape index (κ2) is 6.28. The predicted octanol–water partition coefficient (Wildman–Crippen LogP) is 4.20. The van der Waals surface area contributed by atoms with Crippen molar-refractivity contribution in [1.82, 2.24) is 0 Å². The lowest BCUT2D eigenvalue weighted by atomic mass is 9.95. The van der Waals surface area contributed by atoms with Gasteiger partial charge >= 0.3 is 0 Å². The number of aryl methyl sites for hydroxylation is 1. The number of carbonyl (C=O) groups excluding carboxylic acids is 1. The Morgan fingerprint density at radius 2 is 2.09 bits per heavy atom. The number of nitrogens with zero attached hydrogens (tertiary/aromatic N) is 1. The van der Waals surface area contributed by atoms with Gasteiger partial charge in [0.2, 0.25) is 0 Å². The summed E-state index contributed by atoms with van der Waals surface area (Å²) in [5.41, 5.74) is 4.11. The molecular weight excluding hydrogens is 389 g/mol. The molecule has 0 aromatic heterocycles. The Labute approximate surface area is 144 Å². The molecule has 1 heterocycles. The molecule has 3 rings (SSSR count). The van der Waals surface area contributed by atoms with Gasteiger partial charge < -0.3 is 9.64 Å². The molecule has 0 bridgehead atoms. The van der Waals surface area contributed by atoms with Crippen molar-refractivity contribution >= 4 is 34.2 Å². The van der Waals surface area contributed by atoms with Crippen LogP contribution in [0.3, 0.4) is 0 Å². The fourth-order valence-corrected chi connectivity index (χ4v) is 3.54. The second-order valence-electron chi connectivity index (χ2n) is 5.48. The average Bonchev–Trinajstić information content (AvgIpc) is 2.54. The predicted molar refractivity (Wildman–Crippen MR) is 96.9 cm³/mol. The SMILES string of the molecule is COc1ccc(C)c2c1N(C(=O)c1cccc(I)c1)CCC2. The van der Waals surface area contributed by atoms with E-state index < -0.39 is 0 Å². The molecule has 0 saturated heterocycles. The number of rotatable bonds is 2. The highest BCUT2D eigenvalue weighted by Crippen LogP contribution is 2.38. The highest BCUT2D eigenvalue weighted by molar-refractivity contribution is 14.1. The third-order valence-corrected chi connectivity index (χ3v) is 4.77. The van der Waals surface area contributed by atoms with Crippen LogP contribution in [-0.2, 0) is 6.42 Å². The van der Waals surface area contributed by atoms with Crippen molar-refractivity contribution in [2.45, 2.75) is 19.8 Å². The summed E-state index contributed by atoms with van der Waals surface area (Å²) in [5, 5.41) is 0. The number of benzene rings is 2. The molecule has 0 unspecified atom stereocenters. The zero-order valence-corrected chi connectivity index (χ0v) is 14.9. The van der Waals surface area contributed by atoms with E-state index in [0.29, 0.717) is 0 Å². The van der Waals surface area contributed by atoms with Crippen molar-refractivity contribution in [2.75, 3.05) is 18.6 Å². The topological polar surface area (TPSA) is 29.5 Å². The molecule has 2 aromatic carbocycles. The molecule has 1 amide bonds. The van der Waals surface area contributed by atoms with Crippen LogP contribution in [0.15, 0.2) is 36.4 Å². The molecule has 0 saturated carbocycles. The van der Waals surface area contributed by atoms with E-state index in [1.54, 1.807) is 7.11 Å². The van der Waals surface area contributed by atoms with Gasteiger partial charge in [-0.15, -0.1) is 0 Å². The number of methoxy groups -OCH3 is 1. The van der Waals surface area contributed by atoms with Gasteiger partial charge in [-0.3, -0.25) is 4.79 Å². The highest BCUT2D eigenvalue weighted by atomic mass is 127. The molecule has 2 aromatic rings. The maximum Gasteiger partial charge on any atom is 0.258 e. The first-order valence-corrected chi connectivity index (χ1v) is 8.43. The minimum absolute atomic E-state index is 0.0448. The van der Waals surface area contributed by atoms with Crippen molar-refractivity contribution in [2.24, 2.45) is 0 Å². The van der Waals surface area contributed by atoms with E-state index >= 15 is 0 Å². The van der Waals surface area contributed by atoms with Crippen LogP contribution in [0.25, 0.3) is 0 Å². The summed E-state index contributed by atoms with van der Waals surface area (Å²) in [5.74, 6) is 0.822. The molecule has 0 atom stereocenters. The molecule has 22 heavy (non-hydrogen) atoms. The van der Waals surface area contributed by atoms with Gasteiger partial charge in [-0.05, 0) is 77.7 Å². The lowest BCUT2D eigenvalue weighted by Crippen LogP contribution is -2.36. The first-order chi connectivity index (χ1) is 10.6. The van der Waals surface area contributed by atoms with Gasteiger partial charge in [0.1, 0.15) is 5.75 Å². The van der Waals surface area contributed by atoms with Crippen molar-refractivity contribution in [3.05, 3.63) is 56.7 Å². The van der Waals surface area contributed by atoms with Crippen LogP contribution in [0.1, 0.15) is 27.9 Å².